The number of hydrogen-bond donors (Lipinski definition) is 0. The van der Waals surface area contributed by atoms with E-state index in [0.29, 0.717) is 0 Å². The maximum absolute atomic E-state index is 2.76. The van der Waals surface area contributed by atoms with Gasteiger partial charge in [0.05, 0.1) is 5.69 Å². The molecule has 8 aromatic carbocycles. The molecule has 0 amide bonds. The molecule has 0 saturated heterocycles. The first-order chi connectivity index (χ1) is 37.4. The first-order valence-corrected chi connectivity index (χ1v) is 29.9. The molecule has 398 valence electrons. The Bertz CT molecular complexity index is 3850. The van der Waals surface area contributed by atoms with Crippen LogP contribution in [-0.2, 0) is 38.9 Å². The van der Waals surface area contributed by atoms with Crippen molar-refractivity contribution in [3.05, 3.63) is 201 Å². The summed E-state index contributed by atoms with van der Waals surface area (Å²) in [5, 5.41) is 0. The molecular weight excluding hydrogens is 954 g/mol. The third-order valence-electron chi connectivity index (χ3n) is 21.1. The molecule has 2 aliphatic heterocycles. The van der Waals surface area contributed by atoms with E-state index in [2.05, 4.69) is 257 Å². The Morgan fingerprint density at radius 3 is 1.28 bits per heavy atom. The van der Waals surface area contributed by atoms with Gasteiger partial charge in [-0.05, 0) is 235 Å². The van der Waals surface area contributed by atoms with Crippen molar-refractivity contribution in [1.82, 2.24) is 0 Å². The Labute approximate surface area is 473 Å². The van der Waals surface area contributed by atoms with Crippen molar-refractivity contribution in [3.8, 4) is 11.1 Å². The quantitative estimate of drug-likeness (QED) is 0.159. The molecule has 6 aliphatic rings. The van der Waals surface area contributed by atoms with Crippen LogP contribution in [0.2, 0.25) is 0 Å². The lowest BCUT2D eigenvalue weighted by Crippen LogP contribution is -2.62. The third-order valence-corrected chi connectivity index (χ3v) is 21.1. The Morgan fingerprint density at radius 1 is 0.367 bits per heavy atom. The molecule has 4 heteroatoms. The fourth-order valence-electron chi connectivity index (χ4n) is 15.8. The number of anilines is 9. The highest BCUT2D eigenvalue weighted by molar-refractivity contribution is 7.00. The Kier molecular flexibility index (Phi) is 10.8. The molecule has 0 unspecified atom stereocenters. The largest absolute Gasteiger partial charge is 0.311 e. The van der Waals surface area contributed by atoms with E-state index in [1.54, 1.807) is 0 Å². The standard InChI is InChI=1S/C75H80BN3/c1-46-21-15-19-25-63(46)79(64-26-20-16-22-47(64)2)52-40-67-69-68(41-52)78(51-29-30-55-56(39-51)71(5,6)32-31-70(55,3)4)66-45-60-58(73(9,10)34-36-75(60,13)14)43-62(66)76(69)61-42-57-59(74(11,12)35-33-72(57,7)8)44-65(61)77(67)50-28-27-49-37-48-23-17-18-24-53(48)54(49)38-50/h15-30,38-45H,31-37H2,1-14H3. The van der Waals surface area contributed by atoms with Crippen LogP contribution < -0.4 is 31.1 Å². The van der Waals surface area contributed by atoms with Gasteiger partial charge in [0, 0.05) is 45.5 Å². The van der Waals surface area contributed by atoms with E-state index >= 15 is 0 Å². The molecule has 0 radical (unpaired) electrons. The van der Waals surface area contributed by atoms with Crippen molar-refractivity contribution >= 4 is 74.3 Å². The molecule has 79 heavy (non-hydrogen) atoms. The summed E-state index contributed by atoms with van der Waals surface area (Å²) in [6.07, 6.45) is 7.94. The summed E-state index contributed by atoms with van der Waals surface area (Å²) in [7, 11) is 0. The highest BCUT2D eigenvalue weighted by Crippen LogP contribution is 2.56. The first kappa shape index (κ1) is 50.4. The molecule has 3 nitrogen and oxygen atoms in total. The van der Waals surface area contributed by atoms with Crippen LogP contribution in [-0.4, -0.2) is 6.71 Å². The number of benzene rings is 8. The first-order valence-electron chi connectivity index (χ1n) is 29.9. The Hall–Kier alpha value is -6.78. The van der Waals surface area contributed by atoms with Gasteiger partial charge in [-0.2, -0.15) is 0 Å². The average Bonchev–Trinajstić information content (AvgIpc) is 2.44. The molecule has 2 heterocycles. The lowest BCUT2D eigenvalue weighted by atomic mass is 9.32. The molecule has 0 spiro atoms. The third kappa shape index (κ3) is 7.51. The topological polar surface area (TPSA) is 9.72 Å². The average molecular weight is 1030 g/mol. The van der Waals surface area contributed by atoms with E-state index in [9.17, 15) is 0 Å². The van der Waals surface area contributed by atoms with Crippen LogP contribution in [0.3, 0.4) is 0 Å². The molecule has 0 atom stereocenters. The predicted octanol–water partition coefficient (Wildman–Crippen LogP) is 18.5. The summed E-state index contributed by atoms with van der Waals surface area (Å²) in [4.78, 5) is 8.06. The van der Waals surface area contributed by atoms with Crippen LogP contribution >= 0.6 is 0 Å². The number of para-hydroxylation sites is 2. The monoisotopic (exact) mass is 1030 g/mol. The molecule has 0 aromatic heterocycles. The van der Waals surface area contributed by atoms with E-state index in [-0.39, 0.29) is 39.2 Å². The fraction of sp³-hybridized carbons (Fsp3) is 0.360. The summed E-state index contributed by atoms with van der Waals surface area (Å²) < 4.78 is 0. The summed E-state index contributed by atoms with van der Waals surface area (Å²) >= 11 is 0. The van der Waals surface area contributed by atoms with Crippen molar-refractivity contribution in [2.45, 2.75) is 174 Å². The van der Waals surface area contributed by atoms with Gasteiger partial charge in [-0.1, -0.05) is 168 Å². The highest BCUT2D eigenvalue weighted by Gasteiger charge is 2.50. The normalized spacial score (nSPS) is 19.4. The van der Waals surface area contributed by atoms with E-state index in [0.717, 1.165) is 44.2 Å². The van der Waals surface area contributed by atoms with E-state index < -0.39 is 0 Å². The zero-order valence-electron chi connectivity index (χ0n) is 49.7. The van der Waals surface area contributed by atoms with Crippen molar-refractivity contribution in [2.75, 3.05) is 14.7 Å². The van der Waals surface area contributed by atoms with Crippen molar-refractivity contribution in [1.29, 1.82) is 0 Å². The zero-order chi connectivity index (χ0) is 55.1. The predicted molar refractivity (Wildman–Crippen MR) is 339 cm³/mol. The smallest absolute Gasteiger partial charge is 0.252 e. The van der Waals surface area contributed by atoms with Gasteiger partial charge in [-0.3, -0.25) is 0 Å². The van der Waals surface area contributed by atoms with Gasteiger partial charge >= 0.3 is 0 Å². The van der Waals surface area contributed by atoms with Gasteiger partial charge < -0.3 is 14.7 Å². The number of nitrogens with zero attached hydrogens (tertiary/aromatic N) is 3. The number of aryl methyl sites for hydroxylation is 2. The van der Waals surface area contributed by atoms with Crippen LogP contribution in [0.1, 0.15) is 177 Å². The fourth-order valence-corrected chi connectivity index (χ4v) is 15.8. The van der Waals surface area contributed by atoms with Crippen LogP contribution in [0.25, 0.3) is 11.1 Å². The highest BCUT2D eigenvalue weighted by atomic mass is 15.2. The maximum Gasteiger partial charge on any atom is 0.252 e. The molecule has 14 rings (SSSR count). The number of hydrogen-bond acceptors (Lipinski definition) is 3. The Morgan fingerprint density at radius 2 is 0.772 bits per heavy atom. The lowest BCUT2D eigenvalue weighted by Gasteiger charge is -2.49. The van der Waals surface area contributed by atoms with Crippen LogP contribution in [0.5, 0.6) is 0 Å². The maximum atomic E-state index is 2.76. The van der Waals surface area contributed by atoms with E-state index in [4.69, 9.17) is 0 Å². The second-order valence-corrected chi connectivity index (χ2v) is 29.0. The number of fused-ring (bicyclic) bond motifs is 10. The van der Waals surface area contributed by atoms with Gasteiger partial charge in [-0.25, -0.2) is 0 Å². The second-order valence-electron chi connectivity index (χ2n) is 29.0. The minimum Gasteiger partial charge on any atom is -0.311 e. The number of rotatable bonds is 5. The second kappa shape index (κ2) is 16.9. The summed E-state index contributed by atoms with van der Waals surface area (Å²) in [5.41, 5.74) is 32.5. The van der Waals surface area contributed by atoms with Crippen LogP contribution in [0.4, 0.5) is 51.2 Å². The minimum absolute atomic E-state index is 0.00687. The minimum atomic E-state index is -0.0256. The summed E-state index contributed by atoms with van der Waals surface area (Å²) in [6.45, 7) is 34.5. The van der Waals surface area contributed by atoms with Crippen molar-refractivity contribution in [3.63, 3.8) is 0 Å². The Balaban J connectivity index is 1.16. The molecule has 0 bridgehead atoms. The molecule has 8 aromatic rings. The van der Waals surface area contributed by atoms with Crippen molar-refractivity contribution in [2.24, 2.45) is 0 Å². The summed E-state index contributed by atoms with van der Waals surface area (Å²) in [6, 6.07) is 58.2. The van der Waals surface area contributed by atoms with Gasteiger partial charge in [-0.15, -0.1) is 0 Å². The van der Waals surface area contributed by atoms with Gasteiger partial charge in [0.25, 0.3) is 6.71 Å². The van der Waals surface area contributed by atoms with E-state index in [1.165, 1.54) is 135 Å². The molecule has 0 saturated carbocycles. The van der Waals surface area contributed by atoms with Crippen molar-refractivity contribution < 1.29 is 0 Å². The lowest BCUT2D eigenvalue weighted by molar-refractivity contribution is 0.332. The SMILES string of the molecule is Cc1ccccc1N(c1cc2c3c(c1)N(c1ccc4c(c1)C(C)(C)CCC4(C)C)c1cc4c(cc1B3c1cc3c(cc1N2c1ccc2c(c1)-c1ccccc1C2)C(C)(C)CCC3(C)C)C(C)(C)CCC4(C)C)c1ccccc1C. The summed E-state index contributed by atoms with van der Waals surface area (Å²) in [5.74, 6) is 0. The van der Waals surface area contributed by atoms with Gasteiger partial charge in [0.2, 0.25) is 0 Å². The molecular formula is C75H80BN3. The van der Waals surface area contributed by atoms with Crippen LogP contribution in [0.15, 0.2) is 146 Å². The van der Waals surface area contributed by atoms with Gasteiger partial charge in [0.15, 0.2) is 0 Å². The molecule has 4 aliphatic carbocycles. The van der Waals surface area contributed by atoms with E-state index in [1.807, 2.05) is 0 Å². The van der Waals surface area contributed by atoms with Gasteiger partial charge in [0.1, 0.15) is 0 Å². The zero-order valence-corrected chi connectivity index (χ0v) is 49.7. The van der Waals surface area contributed by atoms with Crippen LogP contribution in [0, 0.1) is 13.8 Å². The molecule has 0 fully saturated rings. The molecule has 0 N–H and O–H groups in total.